The molecule has 0 aliphatic heterocycles. The molecule has 5 heteroatoms. The standard InChI is InChI=1S/C11H12N4S/c1-7-4-5-12-6-9(7)10-14-11(16-15-10)13-8-2-3-8/h4-6,8H,2-3H2,1H3,(H,13,14,15). The Balaban J connectivity index is 1.88. The van der Waals surface area contributed by atoms with Gasteiger partial charge in [-0.1, -0.05) is 0 Å². The number of aryl methyl sites for hydroxylation is 1. The van der Waals surface area contributed by atoms with E-state index in [2.05, 4.69) is 19.7 Å². The van der Waals surface area contributed by atoms with Gasteiger partial charge in [-0.2, -0.15) is 9.36 Å². The highest BCUT2D eigenvalue weighted by Crippen LogP contribution is 2.28. The zero-order chi connectivity index (χ0) is 11.0. The highest BCUT2D eigenvalue weighted by Gasteiger charge is 2.22. The van der Waals surface area contributed by atoms with Gasteiger partial charge in [-0.05, 0) is 31.4 Å². The number of nitrogens with one attached hydrogen (secondary N) is 1. The zero-order valence-electron chi connectivity index (χ0n) is 8.97. The summed E-state index contributed by atoms with van der Waals surface area (Å²) < 4.78 is 4.36. The van der Waals surface area contributed by atoms with E-state index in [0.717, 1.165) is 22.1 Å². The number of pyridine rings is 1. The maximum absolute atomic E-state index is 4.48. The van der Waals surface area contributed by atoms with E-state index in [-0.39, 0.29) is 0 Å². The molecule has 16 heavy (non-hydrogen) atoms. The van der Waals surface area contributed by atoms with Crippen LogP contribution in [0, 0.1) is 6.92 Å². The molecular formula is C11H12N4S. The molecule has 1 saturated carbocycles. The summed E-state index contributed by atoms with van der Waals surface area (Å²) in [6.07, 6.45) is 6.11. The van der Waals surface area contributed by atoms with E-state index in [0.29, 0.717) is 6.04 Å². The van der Waals surface area contributed by atoms with Gasteiger partial charge in [0.25, 0.3) is 0 Å². The van der Waals surface area contributed by atoms with Gasteiger partial charge < -0.3 is 5.32 Å². The van der Waals surface area contributed by atoms with Gasteiger partial charge in [-0.3, -0.25) is 4.98 Å². The van der Waals surface area contributed by atoms with Crippen molar-refractivity contribution in [1.82, 2.24) is 14.3 Å². The number of nitrogens with zero attached hydrogens (tertiary/aromatic N) is 3. The predicted octanol–water partition coefficient (Wildman–Crippen LogP) is 2.48. The first-order valence-electron chi connectivity index (χ1n) is 5.34. The third-order valence-corrected chi connectivity index (χ3v) is 3.26. The van der Waals surface area contributed by atoms with E-state index in [1.54, 1.807) is 6.20 Å². The van der Waals surface area contributed by atoms with Gasteiger partial charge in [-0.25, -0.2) is 0 Å². The fourth-order valence-electron chi connectivity index (χ4n) is 1.49. The van der Waals surface area contributed by atoms with Crippen LogP contribution >= 0.6 is 11.5 Å². The number of aromatic nitrogens is 3. The lowest BCUT2D eigenvalue weighted by Crippen LogP contribution is -1.99. The molecule has 2 aromatic heterocycles. The van der Waals surface area contributed by atoms with Crippen LogP contribution in [0.5, 0.6) is 0 Å². The maximum atomic E-state index is 4.48. The van der Waals surface area contributed by atoms with Crippen molar-refractivity contribution in [2.45, 2.75) is 25.8 Å². The average molecular weight is 232 g/mol. The summed E-state index contributed by atoms with van der Waals surface area (Å²) >= 11 is 1.42. The van der Waals surface area contributed by atoms with Crippen LogP contribution < -0.4 is 5.32 Å². The minimum absolute atomic E-state index is 0.621. The Hall–Kier alpha value is -1.49. The fraction of sp³-hybridized carbons (Fsp3) is 0.364. The van der Waals surface area contributed by atoms with Crippen LogP contribution in [0.4, 0.5) is 5.13 Å². The monoisotopic (exact) mass is 232 g/mol. The van der Waals surface area contributed by atoms with Gasteiger partial charge in [-0.15, -0.1) is 0 Å². The average Bonchev–Trinajstić information content (AvgIpc) is 2.97. The highest BCUT2D eigenvalue weighted by atomic mass is 32.1. The van der Waals surface area contributed by atoms with Crippen LogP contribution in [0.25, 0.3) is 11.4 Å². The normalized spacial score (nSPS) is 15.1. The third-order valence-electron chi connectivity index (χ3n) is 2.61. The molecule has 3 rings (SSSR count). The van der Waals surface area contributed by atoms with Crippen molar-refractivity contribution < 1.29 is 0 Å². The van der Waals surface area contributed by atoms with Crippen molar-refractivity contribution in [1.29, 1.82) is 0 Å². The van der Waals surface area contributed by atoms with Crippen LogP contribution in [0.1, 0.15) is 18.4 Å². The molecule has 0 radical (unpaired) electrons. The summed E-state index contributed by atoms with van der Waals surface area (Å²) in [6, 6.07) is 2.60. The Morgan fingerprint density at radius 2 is 2.31 bits per heavy atom. The first kappa shape index (κ1) is 9.72. The molecule has 2 heterocycles. The second-order valence-corrected chi connectivity index (χ2v) is 4.78. The summed E-state index contributed by atoms with van der Waals surface area (Å²) in [5.74, 6) is 0.777. The van der Waals surface area contributed by atoms with E-state index < -0.39 is 0 Å². The Bertz CT molecular complexity index is 504. The molecule has 1 N–H and O–H groups in total. The summed E-state index contributed by atoms with van der Waals surface area (Å²) in [6.45, 7) is 2.05. The van der Waals surface area contributed by atoms with Gasteiger partial charge in [0, 0.05) is 35.5 Å². The Labute approximate surface area is 97.9 Å². The van der Waals surface area contributed by atoms with Crippen LogP contribution in [-0.4, -0.2) is 20.4 Å². The maximum Gasteiger partial charge on any atom is 0.203 e. The molecule has 0 unspecified atom stereocenters. The first-order valence-corrected chi connectivity index (χ1v) is 6.11. The summed E-state index contributed by atoms with van der Waals surface area (Å²) in [7, 11) is 0. The first-order chi connectivity index (χ1) is 7.83. The van der Waals surface area contributed by atoms with Crippen molar-refractivity contribution in [3.05, 3.63) is 24.0 Å². The predicted molar refractivity (Wildman–Crippen MR) is 64.5 cm³/mol. The Kier molecular flexibility index (Phi) is 2.32. The quantitative estimate of drug-likeness (QED) is 0.883. The molecule has 1 aliphatic rings. The molecule has 1 fully saturated rings. The topological polar surface area (TPSA) is 50.7 Å². The second kappa shape index (κ2) is 3.83. The molecule has 0 aromatic carbocycles. The highest BCUT2D eigenvalue weighted by molar-refractivity contribution is 7.09. The van der Waals surface area contributed by atoms with Crippen molar-refractivity contribution >= 4 is 16.7 Å². The van der Waals surface area contributed by atoms with Crippen LogP contribution in [0.15, 0.2) is 18.5 Å². The summed E-state index contributed by atoms with van der Waals surface area (Å²) in [5.41, 5.74) is 2.17. The molecule has 0 spiro atoms. The molecule has 4 nitrogen and oxygen atoms in total. The zero-order valence-corrected chi connectivity index (χ0v) is 9.79. The van der Waals surface area contributed by atoms with E-state index in [1.165, 1.54) is 24.4 Å². The molecule has 0 atom stereocenters. The third kappa shape index (κ3) is 1.90. The van der Waals surface area contributed by atoms with Crippen molar-refractivity contribution in [2.75, 3.05) is 5.32 Å². The molecule has 1 aliphatic carbocycles. The molecule has 0 amide bonds. The van der Waals surface area contributed by atoms with Crippen molar-refractivity contribution in [3.63, 3.8) is 0 Å². The number of hydrogen-bond donors (Lipinski definition) is 1. The summed E-state index contributed by atoms with van der Waals surface area (Å²) in [5, 5.41) is 4.27. The number of rotatable bonds is 3. The van der Waals surface area contributed by atoms with Crippen molar-refractivity contribution in [3.8, 4) is 11.4 Å². The van der Waals surface area contributed by atoms with E-state index >= 15 is 0 Å². The summed E-state index contributed by atoms with van der Waals surface area (Å²) in [4.78, 5) is 8.59. The van der Waals surface area contributed by atoms with Crippen molar-refractivity contribution in [2.24, 2.45) is 0 Å². The lowest BCUT2D eigenvalue weighted by molar-refractivity contribution is 1.13. The van der Waals surface area contributed by atoms with Gasteiger partial charge in [0.05, 0.1) is 0 Å². The minimum Gasteiger partial charge on any atom is -0.358 e. The van der Waals surface area contributed by atoms with Crippen LogP contribution in [-0.2, 0) is 0 Å². The lowest BCUT2D eigenvalue weighted by Gasteiger charge is -1.99. The minimum atomic E-state index is 0.621. The number of anilines is 1. The second-order valence-electron chi connectivity index (χ2n) is 4.03. The Morgan fingerprint density at radius 3 is 3.06 bits per heavy atom. The van der Waals surface area contributed by atoms with Gasteiger partial charge >= 0.3 is 0 Å². The van der Waals surface area contributed by atoms with E-state index in [4.69, 9.17) is 0 Å². The SMILES string of the molecule is Cc1ccncc1-c1nsc(NC2CC2)n1. The molecule has 0 saturated heterocycles. The van der Waals surface area contributed by atoms with Crippen LogP contribution in [0.3, 0.4) is 0 Å². The molecule has 0 bridgehead atoms. The molecular weight excluding hydrogens is 220 g/mol. The Morgan fingerprint density at radius 1 is 1.44 bits per heavy atom. The molecule has 2 aromatic rings. The van der Waals surface area contributed by atoms with Gasteiger partial charge in [0.1, 0.15) is 0 Å². The van der Waals surface area contributed by atoms with Gasteiger partial charge in [0.15, 0.2) is 5.82 Å². The smallest absolute Gasteiger partial charge is 0.203 e. The van der Waals surface area contributed by atoms with Gasteiger partial charge in [0.2, 0.25) is 5.13 Å². The van der Waals surface area contributed by atoms with E-state index in [1.807, 2.05) is 19.2 Å². The molecule has 82 valence electrons. The number of hydrogen-bond acceptors (Lipinski definition) is 5. The van der Waals surface area contributed by atoms with E-state index in [9.17, 15) is 0 Å². The van der Waals surface area contributed by atoms with Crippen LogP contribution in [0.2, 0.25) is 0 Å². The lowest BCUT2D eigenvalue weighted by atomic mass is 10.1. The fourth-order valence-corrected chi connectivity index (χ4v) is 2.15. The largest absolute Gasteiger partial charge is 0.358 e.